The summed E-state index contributed by atoms with van der Waals surface area (Å²) in [7, 11) is 0. The number of aromatic nitrogens is 10. The number of hydrogen-bond acceptors (Lipinski definition) is 13. The molecule has 8 aromatic rings. The number of nitrogen functional groups attached to an aromatic ring is 2. The van der Waals surface area contributed by atoms with Gasteiger partial charge in [-0.3, -0.25) is 14.8 Å². The number of carbonyl (C=O) groups is 2. The van der Waals surface area contributed by atoms with Gasteiger partial charge in [0.1, 0.15) is 11.6 Å². The fraction of sp³-hybridized carbons (Fsp3) is 0.209. The summed E-state index contributed by atoms with van der Waals surface area (Å²) < 4.78 is 3.92. The Bertz CT molecular complexity index is 2950. The molecule has 0 bridgehead atoms. The van der Waals surface area contributed by atoms with Crippen LogP contribution in [-0.2, 0) is 26.2 Å². The molecule has 8 rings (SSSR count). The largest absolute Gasteiger partial charge is 0.475 e. The fourth-order valence-corrected chi connectivity index (χ4v) is 7.56. The molecule has 1 amide bonds. The number of carboxylic acid groups (broad SMARTS) is 1. The molecule has 2 aromatic carbocycles. The summed E-state index contributed by atoms with van der Waals surface area (Å²) in [4.78, 5) is 48.4. The maximum atomic E-state index is 12.6. The number of nitrogens with zero attached hydrogens (tertiary/aromatic N) is 10. The molecule has 64 heavy (non-hydrogen) atoms. The molecule has 21 heteroatoms. The van der Waals surface area contributed by atoms with Gasteiger partial charge < -0.3 is 27.6 Å². The first-order valence-corrected chi connectivity index (χ1v) is 21.3. The second kappa shape index (κ2) is 21.5. The number of hydrogen-bond donors (Lipinski definition) is 5. The van der Waals surface area contributed by atoms with Crippen molar-refractivity contribution in [1.29, 1.82) is 0 Å². The van der Waals surface area contributed by atoms with Crippen LogP contribution in [0.4, 0.5) is 11.6 Å². The van der Waals surface area contributed by atoms with Crippen molar-refractivity contribution in [3.63, 3.8) is 0 Å². The zero-order valence-electron chi connectivity index (χ0n) is 34.2. The molecule has 0 aliphatic carbocycles. The molecule has 0 saturated carbocycles. The lowest BCUT2D eigenvalue weighted by molar-refractivity contribution is 0.0683. The Kier molecular flexibility index (Phi) is 16.4. The molecule has 0 aliphatic heterocycles. The number of nitrogens with two attached hydrogens (primary N) is 3. The van der Waals surface area contributed by atoms with E-state index >= 15 is 0 Å². The fourth-order valence-electron chi connectivity index (χ4n) is 6.48. The zero-order valence-corrected chi connectivity index (χ0v) is 38.9. The number of carboxylic acids is 1. The summed E-state index contributed by atoms with van der Waals surface area (Å²) in [6, 6.07) is 18.9. The van der Waals surface area contributed by atoms with Crippen LogP contribution in [0.3, 0.4) is 0 Å². The van der Waals surface area contributed by atoms with Crippen molar-refractivity contribution < 1.29 is 14.7 Å². The van der Waals surface area contributed by atoms with Gasteiger partial charge in [0.2, 0.25) is 5.82 Å². The van der Waals surface area contributed by atoms with Crippen molar-refractivity contribution in [2.45, 2.75) is 61.3 Å². The van der Waals surface area contributed by atoms with Gasteiger partial charge in [-0.05, 0) is 141 Å². The predicted octanol–water partition coefficient (Wildman–Crippen LogP) is 8.18. The van der Waals surface area contributed by atoms with Crippen molar-refractivity contribution in [3.8, 4) is 0 Å². The van der Waals surface area contributed by atoms with Crippen LogP contribution < -0.4 is 22.5 Å². The van der Waals surface area contributed by atoms with E-state index in [1.165, 1.54) is 4.68 Å². The van der Waals surface area contributed by atoms with E-state index in [-0.39, 0.29) is 25.0 Å². The first-order valence-electron chi connectivity index (χ1n) is 18.9. The summed E-state index contributed by atoms with van der Waals surface area (Å²) >= 11 is 18.6. The van der Waals surface area contributed by atoms with Crippen LogP contribution in [0.15, 0.2) is 82.5 Å². The highest BCUT2D eigenvalue weighted by Gasteiger charge is 2.17. The van der Waals surface area contributed by atoms with Crippen LogP contribution >= 0.6 is 55.1 Å². The number of carbonyl (C=O) groups excluding carboxylic acids is 1. The Morgan fingerprint density at radius 3 is 1.58 bits per heavy atom. The van der Waals surface area contributed by atoms with Crippen LogP contribution in [0, 0.1) is 27.7 Å². The number of aromatic carboxylic acids is 1. The molecule has 0 unspecified atom stereocenters. The summed E-state index contributed by atoms with van der Waals surface area (Å²) in [5, 5.41) is 23.0. The summed E-state index contributed by atoms with van der Waals surface area (Å²) in [5.41, 5.74) is 26.2. The molecule has 0 atom stereocenters. The number of nitrogens with one attached hydrogen (secondary N) is 1. The van der Waals surface area contributed by atoms with Crippen LogP contribution in [-0.4, -0.2) is 66.4 Å². The lowest BCUT2D eigenvalue weighted by Crippen LogP contribution is -2.25. The minimum Gasteiger partial charge on any atom is -0.475 e. The molecule has 6 heterocycles. The molecule has 0 fully saturated rings. The smallest absolute Gasteiger partial charge is 0.375 e. The molecule has 0 saturated heterocycles. The number of benzene rings is 2. The van der Waals surface area contributed by atoms with Crippen molar-refractivity contribution in [2.24, 2.45) is 5.73 Å². The highest BCUT2D eigenvalue weighted by atomic mass is 79.9. The molecule has 6 aromatic heterocycles. The molecular weight excluding hydrogens is 991 g/mol. The molecule has 0 aliphatic rings. The number of amides is 1. The van der Waals surface area contributed by atoms with Gasteiger partial charge in [0, 0.05) is 47.6 Å². The number of rotatable bonds is 9. The van der Waals surface area contributed by atoms with E-state index in [0.717, 1.165) is 66.6 Å². The second-order valence-electron chi connectivity index (χ2n) is 14.1. The number of fused-ring (bicyclic) bond motifs is 2. The average molecular weight is 1040 g/mol. The van der Waals surface area contributed by atoms with Gasteiger partial charge in [0.15, 0.2) is 9.47 Å². The van der Waals surface area contributed by atoms with E-state index < -0.39 is 5.97 Å². The monoisotopic (exact) mass is 1030 g/mol. The quantitative estimate of drug-likeness (QED) is 0.0914. The van der Waals surface area contributed by atoms with E-state index in [9.17, 15) is 9.59 Å². The van der Waals surface area contributed by atoms with Gasteiger partial charge in [-0.15, -0.1) is 10.2 Å². The number of anilines is 2. The third-order valence-corrected chi connectivity index (χ3v) is 11.1. The average Bonchev–Trinajstić information content (AvgIpc) is 3.78. The van der Waals surface area contributed by atoms with Crippen molar-refractivity contribution in [1.82, 2.24) is 54.8 Å². The maximum Gasteiger partial charge on any atom is 0.375 e. The van der Waals surface area contributed by atoms with E-state index in [1.807, 2.05) is 82.3 Å². The Labute approximate surface area is 395 Å². The minimum atomic E-state index is -1.16. The Morgan fingerprint density at radius 2 is 1.14 bits per heavy atom. The highest BCUT2D eigenvalue weighted by molar-refractivity contribution is 9.10. The van der Waals surface area contributed by atoms with E-state index in [2.05, 4.69) is 77.3 Å². The van der Waals surface area contributed by atoms with Crippen LogP contribution in [0.5, 0.6) is 0 Å². The standard InChI is InChI=1S/C21H19BrClN7O.C13H8BrClN4O2.C8H13N3.CH4/c1-11-5-18(24)27-12(2)16(11)9-26-20(31)19-28-21(22)30(29-19)10-13-3-4-17-14(6-13)7-15(23)8-25-17;14-13-17-11(12(20)21)18-19(13)6-7-1-2-10-8(3-7)4-9(15)5-16-10;1-5-3-8(10)11-6(2)7(5)4-9;/h3-8H,9-10H2,1-2H3,(H2,24,27)(H,26,31);1-5H,6H2,(H,20,21);3H,4,9H2,1-2H3,(H2,10,11);1H4. The molecule has 0 radical (unpaired) electrons. The molecule has 332 valence electrons. The molecule has 8 N–H and O–H groups in total. The SMILES string of the molecule is C.Cc1cc(N)nc(C)c1CN.Cc1cc(N)nc(C)c1CNC(=O)c1nc(Br)n(Cc2ccc3ncc(Cl)cc3c2)n1.O=C(O)c1nc(Br)n(Cc2ccc3ncc(Cl)cc3c2)n1. The summed E-state index contributed by atoms with van der Waals surface area (Å²) in [6.45, 7) is 9.38. The number of aryl methyl sites for hydroxylation is 4. The third kappa shape index (κ3) is 12.3. The maximum absolute atomic E-state index is 12.6. The summed E-state index contributed by atoms with van der Waals surface area (Å²) in [6.07, 6.45) is 3.21. The third-order valence-electron chi connectivity index (χ3n) is 9.51. The lowest BCUT2D eigenvalue weighted by Gasteiger charge is -2.10. The molecule has 0 spiro atoms. The van der Waals surface area contributed by atoms with E-state index in [0.29, 0.717) is 57.3 Å². The minimum absolute atomic E-state index is 0. The van der Waals surface area contributed by atoms with E-state index in [1.54, 1.807) is 23.1 Å². The Balaban J connectivity index is 0.000000201. The molecule has 17 nitrogen and oxygen atoms in total. The Hall–Kier alpha value is -6.12. The van der Waals surface area contributed by atoms with Gasteiger partial charge in [-0.2, -0.15) is 9.97 Å². The number of halogens is 4. The van der Waals surface area contributed by atoms with Crippen LogP contribution in [0.25, 0.3) is 21.8 Å². The Morgan fingerprint density at radius 1 is 0.688 bits per heavy atom. The first-order chi connectivity index (χ1) is 30.0. The predicted molar refractivity (Wildman–Crippen MR) is 256 cm³/mol. The molecular formula is C43H44Br2Cl2N14O3. The summed E-state index contributed by atoms with van der Waals surface area (Å²) in [5.74, 6) is -0.671. The second-order valence-corrected chi connectivity index (χ2v) is 16.4. The van der Waals surface area contributed by atoms with E-state index in [4.69, 9.17) is 45.5 Å². The first kappa shape index (κ1) is 48.9. The lowest BCUT2D eigenvalue weighted by atomic mass is 10.1. The van der Waals surface area contributed by atoms with Gasteiger partial charge in [-0.1, -0.05) is 42.8 Å². The van der Waals surface area contributed by atoms with Crippen LogP contribution in [0.2, 0.25) is 10.0 Å². The normalized spacial score (nSPS) is 10.7. The van der Waals surface area contributed by atoms with Crippen molar-refractivity contribution in [3.05, 3.63) is 149 Å². The van der Waals surface area contributed by atoms with Gasteiger partial charge in [-0.25, -0.2) is 24.1 Å². The van der Waals surface area contributed by atoms with Crippen LogP contribution in [0.1, 0.15) is 73.4 Å². The highest BCUT2D eigenvalue weighted by Crippen LogP contribution is 2.22. The topological polar surface area (TPSA) is 257 Å². The van der Waals surface area contributed by atoms with Gasteiger partial charge in [0.05, 0.1) is 34.2 Å². The van der Waals surface area contributed by atoms with Gasteiger partial charge >= 0.3 is 5.97 Å². The van der Waals surface area contributed by atoms with Gasteiger partial charge in [0.25, 0.3) is 11.7 Å². The zero-order chi connectivity index (χ0) is 45.5. The van der Waals surface area contributed by atoms with Crippen molar-refractivity contribution in [2.75, 3.05) is 11.5 Å². The van der Waals surface area contributed by atoms with Crippen molar-refractivity contribution >= 4 is 100 Å². The number of pyridine rings is 4.